The van der Waals surface area contributed by atoms with Gasteiger partial charge in [-0.25, -0.2) is 4.79 Å². The van der Waals surface area contributed by atoms with Gasteiger partial charge in [-0.3, -0.25) is 4.79 Å². The van der Waals surface area contributed by atoms with E-state index in [-0.39, 0.29) is 12.4 Å². The summed E-state index contributed by atoms with van der Waals surface area (Å²) in [5.41, 5.74) is 2.52. The van der Waals surface area contributed by atoms with Gasteiger partial charge in [-0.15, -0.1) is 0 Å². The van der Waals surface area contributed by atoms with Gasteiger partial charge in [0.25, 0.3) is 0 Å². The van der Waals surface area contributed by atoms with Crippen LogP contribution in [0.3, 0.4) is 0 Å². The Bertz CT molecular complexity index is 640. The highest BCUT2D eigenvalue weighted by atomic mass is 16.5. The standard InChI is InChI=1S/C18H16O3/c1-14-7-10-16(11-8-14)17(19)13-21-18(20)12-9-15-5-3-2-4-6-15/h2-12H,13H2,1H3/b12-9-. The highest BCUT2D eigenvalue weighted by molar-refractivity contribution is 5.98. The molecule has 0 aliphatic heterocycles. The van der Waals surface area contributed by atoms with Crippen molar-refractivity contribution in [1.82, 2.24) is 0 Å². The second-order valence-corrected chi connectivity index (χ2v) is 4.64. The molecule has 0 saturated carbocycles. The fraction of sp³-hybridized carbons (Fsp3) is 0.111. The van der Waals surface area contributed by atoms with E-state index in [4.69, 9.17) is 4.74 Å². The highest BCUT2D eigenvalue weighted by Gasteiger charge is 2.07. The third-order valence-electron chi connectivity index (χ3n) is 2.93. The smallest absolute Gasteiger partial charge is 0.331 e. The first-order chi connectivity index (χ1) is 10.1. The Labute approximate surface area is 123 Å². The van der Waals surface area contributed by atoms with Crippen LogP contribution in [0.2, 0.25) is 0 Å². The van der Waals surface area contributed by atoms with Crippen molar-refractivity contribution in [2.24, 2.45) is 0 Å². The lowest BCUT2D eigenvalue weighted by molar-refractivity contribution is -0.136. The zero-order valence-electron chi connectivity index (χ0n) is 11.8. The van der Waals surface area contributed by atoms with E-state index in [1.54, 1.807) is 18.2 Å². The Kier molecular flexibility index (Phi) is 5.04. The second-order valence-electron chi connectivity index (χ2n) is 4.64. The molecule has 2 aromatic carbocycles. The van der Waals surface area contributed by atoms with Crippen LogP contribution >= 0.6 is 0 Å². The van der Waals surface area contributed by atoms with Crippen LogP contribution in [0.1, 0.15) is 21.5 Å². The topological polar surface area (TPSA) is 43.4 Å². The van der Waals surface area contributed by atoms with E-state index in [0.29, 0.717) is 5.56 Å². The molecule has 0 unspecified atom stereocenters. The molecule has 0 aromatic heterocycles. The minimum atomic E-state index is -0.528. The van der Waals surface area contributed by atoms with Crippen LogP contribution in [0.15, 0.2) is 60.7 Å². The van der Waals surface area contributed by atoms with Gasteiger partial charge in [-0.05, 0) is 18.6 Å². The molecule has 3 nitrogen and oxygen atoms in total. The normalized spacial score (nSPS) is 10.5. The molecule has 3 heteroatoms. The number of hydrogen-bond donors (Lipinski definition) is 0. The third kappa shape index (κ3) is 4.73. The van der Waals surface area contributed by atoms with Gasteiger partial charge in [0.15, 0.2) is 12.4 Å². The van der Waals surface area contributed by atoms with Crippen LogP contribution in [0.25, 0.3) is 6.08 Å². The number of aryl methyl sites for hydroxylation is 1. The maximum atomic E-state index is 11.8. The second kappa shape index (κ2) is 7.20. The summed E-state index contributed by atoms with van der Waals surface area (Å²) in [6, 6.07) is 16.6. The molecule has 0 radical (unpaired) electrons. The van der Waals surface area contributed by atoms with Crippen molar-refractivity contribution < 1.29 is 14.3 Å². The van der Waals surface area contributed by atoms with Crippen LogP contribution < -0.4 is 0 Å². The van der Waals surface area contributed by atoms with Gasteiger partial charge in [0.2, 0.25) is 0 Å². The molecule has 0 aliphatic carbocycles. The van der Waals surface area contributed by atoms with Crippen molar-refractivity contribution in [3.63, 3.8) is 0 Å². The third-order valence-corrected chi connectivity index (χ3v) is 2.93. The number of ketones is 1. The first-order valence-corrected chi connectivity index (χ1v) is 6.65. The van der Waals surface area contributed by atoms with Crippen LogP contribution in [0.4, 0.5) is 0 Å². The molecule has 0 amide bonds. The molecule has 0 bridgehead atoms. The molecule has 0 N–H and O–H groups in total. The number of ether oxygens (including phenoxy) is 1. The zero-order valence-corrected chi connectivity index (χ0v) is 11.8. The van der Waals surface area contributed by atoms with E-state index in [1.165, 1.54) is 6.08 Å². The van der Waals surface area contributed by atoms with Crippen molar-refractivity contribution in [3.8, 4) is 0 Å². The molecular formula is C18H16O3. The Morgan fingerprint density at radius 3 is 2.33 bits per heavy atom. The molecule has 0 atom stereocenters. The van der Waals surface area contributed by atoms with Crippen LogP contribution in [-0.2, 0) is 9.53 Å². The Morgan fingerprint density at radius 1 is 1.00 bits per heavy atom. The lowest BCUT2D eigenvalue weighted by Crippen LogP contribution is -2.12. The summed E-state index contributed by atoms with van der Waals surface area (Å²) >= 11 is 0. The Hall–Kier alpha value is -2.68. The van der Waals surface area contributed by atoms with E-state index >= 15 is 0 Å². The molecule has 0 heterocycles. The average Bonchev–Trinajstić information content (AvgIpc) is 2.52. The van der Waals surface area contributed by atoms with Crippen molar-refractivity contribution in [3.05, 3.63) is 77.4 Å². The summed E-state index contributed by atoms with van der Waals surface area (Å²) in [5.74, 6) is -0.740. The Morgan fingerprint density at radius 2 is 1.67 bits per heavy atom. The van der Waals surface area contributed by atoms with Gasteiger partial charge < -0.3 is 4.74 Å². The van der Waals surface area contributed by atoms with Gasteiger partial charge in [0, 0.05) is 11.6 Å². The number of rotatable bonds is 5. The van der Waals surface area contributed by atoms with Crippen LogP contribution in [0.5, 0.6) is 0 Å². The number of carbonyl (C=O) groups is 2. The first kappa shape index (κ1) is 14.7. The summed E-state index contributed by atoms with van der Waals surface area (Å²) < 4.78 is 4.93. The minimum absolute atomic E-state index is 0.212. The molecule has 2 rings (SSSR count). The monoisotopic (exact) mass is 280 g/mol. The van der Waals surface area contributed by atoms with Crippen LogP contribution in [-0.4, -0.2) is 18.4 Å². The number of hydrogen-bond acceptors (Lipinski definition) is 3. The molecule has 0 fully saturated rings. The summed E-state index contributed by atoms with van der Waals surface area (Å²) in [6.07, 6.45) is 2.97. The van der Waals surface area contributed by atoms with Gasteiger partial charge in [0.05, 0.1) is 0 Å². The number of carbonyl (C=O) groups excluding carboxylic acids is 2. The van der Waals surface area contributed by atoms with E-state index in [0.717, 1.165) is 11.1 Å². The predicted octanol–water partition coefficient (Wildman–Crippen LogP) is 3.43. The van der Waals surface area contributed by atoms with Crippen molar-refractivity contribution >= 4 is 17.8 Å². The lowest BCUT2D eigenvalue weighted by atomic mass is 10.1. The molecular weight excluding hydrogens is 264 g/mol. The van der Waals surface area contributed by atoms with Crippen LogP contribution in [0, 0.1) is 6.92 Å². The number of Topliss-reactive ketones (excluding diaryl/α,β-unsaturated/α-hetero) is 1. The minimum Gasteiger partial charge on any atom is -0.454 e. The van der Waals surface area contributed by atoms with Gasteiger partial charge in [-0.2, -0.15) is 0 Å². The molecule has 0 spiro atoms. The maximum Gasteiger partial charge on any atom is 0.331 e. The van der Waals surface area contributed by atoms with E-state index in [1.807, 2.05) is 49.4 Å². The maximum absolute atomic E-state index is 11.8. The predicted molar refractivity (Wildman–Crippen MR) is 81.9 cm³/mol. The van der Waals surface area contributed by atoms with E-state index < -0.39 is 5.97 Å². The van der Waals surface area contributed by atoms with Gasteiger partial charge in [-0.1, -0.05) is 60.2 Å². The molecule has 21 heavy (non-hydrogen) atoms. The van der Waals surface area contributed by atoms with E-state index in [9.17, 15) is 9.59 Å². The van der Waals surface area contributed by atoms with E-state index in [2.05, 4.69) is 0 Å². The number of benzene rings is 2. The Balaban J connectivity index is 1.85. The highest BCUT2D eigenvalue weighted by Crippen LogP contribution is 2.05. The molecule has 0 saturated heterocycles. The molecule has 106 valence electrons. The molecule has 2 aromatic rings. The van der Waals surface area contributed by atoms with Crippen molar-refractivity contribution in [1.29, 1.82) is 0 Å². The summed E-state index contributed by atoms with van der Waals surface area (Å²) in [5, 5.41) is 0. The average molecular weight is 280 g/mol. The van der Waals surface area contributed by atoms with Crippen molar-refractivity contribution in [2.75, 3.05) is 6.61 Å². The lowest BCUT2D eigenvalue weighted by Gasteiger charge is -2.02. The quantitative estimate of drug-likeness (QED) is 0.479. The van der Waals surface area contributed by atoms with Crippen molar-refractivity contribution in [2.45, 2.75) is 6.92 Å². The zero-order chi connectivity index (χ0) is 15.1. The SMILES string of the molecule is Cc1ccc(C(=O)COC(=O)/C=C\c2ccccc2)cc1. The largest absolute Gasteiger partial charge is 0.454 e. The fourth-order valence-electron chi connectivity index (χ4n) is 1.74. The fourth-order valence-corrected chi connectivity index (χ4v) is 1.74. The first-order valence-electron chi connectivity index (χ1n) is 6.65. The summed E-state index contributed by atoms with van der Waals surface area (Å²) in [7, 11) is 0. The molecule has 0 aliphatic rings. The number of esters is 1. The summed E-state index contributed by atoms with van der Waals surface area (Å²) in [4.78, 5) is 23.4. The van der Waals surface area contributed by atoms with Gasteiger partial charge in [0.1, 0.15) is 0 Å². The summed E-state index contributed by atoms with van der Waals surface area (Å²) in [6.45, 7) is 1.70. The van der Waals surface area contributed by atoms with Gasteiger partial charge >= 0.3 is 5.97 Å².